The molecule has 7 nitrogen and oxygen atoms in total. The van der Waals surface area contributed by atoms with E-state index in [4.69, 9.17) is 0 Å². The first-order valence-corrected chi connectivity index (χ1v) is 26.5. The first-order chi connectivity index (χ1) is 29.4. The zero-order chi connectivity index (χ0) is 45.7. The molecule has 0 aromatic rings. The summed E-state index contributed by atoms with van der Waals surface area (Å²) in [7, 11) is 0. The van der Waals surface area contributed by atoms with Gasteiger partial charge in [-0.2, -0.15) is 0 Å². The number of hydrogen-bond acceptors (Lipinski definition) is 7. The molecular formula is C53H98FO7-3. The minimum absolute atomic E-state index is 0.0378. The summed E-state index contributed by atoms with van der Waals surface area (Å²) in [6, 6.07) is 0. The second kappa shape index (κ2) is 37.7. The lowest BCUT2D eigenvalue weighted by molar-refractivity contribution is -0.383. The summed E-state index contributed by atoms with van der Waals surface area (Å²) in [5.74, 6) is -8.68. The fourth-order valence-corrected chi connectivity index (χ4v) is 10.4. The lowest BCUT2D eigenvalue weighted by Gasteiger charge is -2.61. The molecule has 4 unspecified atom stereocenters. The van der Waals surface area contributed by atoms with E-state index in [0.29, 0.717) is 38.5 Å². The maximum absolute atomic E-state index is 18.0. The van der Waals surface area contributed by atoms with Gasteiger partial charge in [-0.25, -0.2) is 4.39 Å². The first-order valence-electron chi connectivity index (χ1n) is 26.5. The van der Waals surface area contributed by atoms with E-state index in [1.807, 2.05) is 6.92 Å². The molecular weight excluding hydrogens is 768 g/mol. The van der Waals surface area contributed by atoms with Crippen LogP contribution < -0.4 is 15.3 Å². The van der Waals surface area contributed by atoms with Crippen LogP contribution in [-0.2, 0) is 14.4 Å². The zero-order valence-corrected chi connectivity index (χ0v) is 40.7. The highest BCUT2D eigenvalue weighted by atomic mass is 19.1. The molecule has 0 heterocycles. The number of aliphatic hydroxyl groups is 1. The van der Waals surface area contributed by atoms with Gasteiger partial charge in [0.25, 0.3) is 0 Å². The lowest BCUT2D eigenvalue weighted by Crippen LogP contribution is -2.80. The molecule has 61 heavy (non-hydrogen) atoms. The van der Waals surface area contributed by atoms with E-state index >= 15 is 4.39 Å². The Morgan fingerprint density at radius 3 is 0.820 bits per heavy atom. The molecule has 8 heteroatoms. The van der Waals surface area contributed by atoms with Crippen molar-refractivity contribution in [3.63, 3.8) is 0 Å². The third-order valence-electron chi connectivity index (χ3n) is 14.2. The minimum Gasteiger partial charge on any atom is -0.549 e. The highest BCUT2D eigenvalue weighted by Gasteiger charge is 2.70. The Morgan fingerprint density at radius 1 is 0.377 bits per heavy atom. The monoisotopic (exact) mass is 866 g/mol. The van der Waals surface area contributed by atoms with Gasteiger partial charge in [0.15, 0.2) is 11.3 Å². The van der Waals surface area contributed by atoms with E-state index in [1.165, 1.54) is 51.4 Å². The van der Waals surface area contributed by atoms with Crippen molar-refractivity contribution in [2.75, 3.05) is 0 Å². The molecule has 0 aromatic carbocycles. The second-order valence-electron chi connectivity index (χ2n) is 19.1. The van der Waals surface area contributed by atoms with Gasteiger partial charge in [-0.05, 0) is 50.4 Å². The highest BCUT2D eigenvalue weighted by Crippen LogP contribution is 2.58. The Bertz CT molecular complexity index is 1030. The van der Waals surface area contributed by atoms with Crippen LogP contribution in [0, 0.1) is 17.3 Å². The van der Waals surface area contributed by atoms with Crippen molar-refractivity contribution in [3.05, 3.63) is 0 Å². The number of carboxylic acid groups (broad SMARTS) is 3. The number of carbonyl (C=O) groups is 3. The van der Waals surface area contributed by atoms with E-state index in [9.17, 15) is 34.8 Å². The highest BCUT2D eigenvalue weighted by molar-refractivity contribution is 5.95. The molecule has 0 fully saturated rings. The predicted molar refractivity (Wildman–Crippen MR) is 246 cm³/mol. The topological polar surface area (TPSA) is 141 Å². The van der Waals surface area contributed by atoms with Crippen LogP contribution >= 0.6 is 0 Å². The quantitative estimate of drug-likeness (QED) is 0.0600. The van der Waals surface area contributed by atoms with Crippen molar-refractivity contribution in [1.82, 2.24) is 0 Å². The summed E-state index contributed by atoms with van der Waals surface area (Å²) in [5.41, 5.74) is -10.6. The van der Waals surface area contributed by atoms with Gasteiger partial charge in [0, 0.05) is 0 Å². The van der Waals surface area contributed by atoms with E-state index in [2.05, 4.69) is 27.7 Å². The van der Waals surface area contributed by atoms with Gasteiger partial charge in [0.2, 0.25) is 0 Å². The number of unbranched alkanes of at least 4 members (excludes halogenated alkanes) is 30. The third-order valence-corrected chi connectivity index (χ3v) is 14.2. The molecule has 0 radical (unpaired) electrons. The Hall–Kier alpha value is -1.70. The van der Waals surface area contributed by atoms with Crippen LogP contribution in [0.5, 0.6) is 0 Å². The Labute approximate surface area is 376 Å². The van der Waals surface area contributed by atoms with E-state index < -0.39 is 52.8 Å². The Balaban J connectivity index is 7.46. The molecule has 0 aliphatic rings. The molecule has 0 saturated heterocycles. The average molecular weight is 866 g/mol. The van der Waals surface area contributed by atoms with Crippen LogP contribution in [0.25, 0.3) is 0 Å². The molecule has 4 atom stereocenters. The Morgan fingerprint density at radius 2 is 0.607 bits per heavy atom. The van der Waals surface area contributed by atoms with Gasteiger partial charge in [-0.1, -0.05) is 253 Å². The van der Waals surface area contributed by atoms with Crippen LogP contribution in [0.4, 0.5) is 4.39 Å². The maximum atomic E-state index is 18.0. The summed E-state index contributed by atoms with van der Waals surface area (Å²) < 4.78 is 18.0. The molecule has 0 aliphatic carbocycles. The van der Waals surface area contributed by atoms with E-state index in [1.54, 1.807) is 0 Å². The summed E-state index contributed by atoms with van der Waals surface area (Å²) in [5, 5.41) is 54.5. The molecule has 0 aromatic heterocycles. The maximum Gasteiger partial charge on any atom is 0.184 e. The number of hydrogen-bond donors (Lipinski definition) is 1. The van der Waals surface area contributed by atoms with Gasteiger partial charge in [-0.3, -0.25) is 0 Å². The zero-order valence-electron chi connectivity index (χ0n) is 40.7. The largest absolute Gasteiger partial charge is 0.549 e. The van der Waals surface area contributed by atoms with Crippen LogP contribution in [0.3, 0.4) is 0 Å². The number of alkyl halides is 1. The van der Waals surface area contributed by atoms with Gasteiger partial charge < -0.3 is 34.8 Å². The fourth-order valence-electron chi connectivity index (χ4n) is 10.4. The molecule has 0 bridgehead atoms. The minimum atomic E-state index is -3.92. The molecule has 0 amide bonds. The van der Waals surface area contributed by atoms with Crippen molar-refractivity contribution in [2.24, 2.45) is 17.3 Å². The van der Waals surface area contributed by atoms with Crippen molar-refractivity contribution in [1.29, 1.82) is 0 Å². The fraction of sp³-hybridized carbons (Fsp3) is 0.943. The third kappa shape index (κ3) is 21.7. The normalized spacial score (nSPS) is 15.8. The molecule has 0 rings (SSSR count). The van der Waals surface area contributed by atoms with Crippen molar-refractivity contribution < 1.29 is 39.2 Å². The Kier molecular flexibility index (Phi) is 36.6. The number of aliphatic carboxylic acids is 3. The van der Waals surface area contributed by atoms with Gasteiger partial charge in [0.05, 0.1) is 23.3 Å². The molecule has 362 valence electrons. The predicted octanol–water partition coefficient (Wildman–Crippen LogP) is 12.6. The first kappa shape index (κ1) is 59.3. The average Bonchev–Trinajstić information content (AvgIpc) is 3.23. The van der Waals surface area contributed by atoms with E-state index in [-0.39, 0.29) is 32.1 Å². The van der Waals surface area contributed by atoms with E-state index in [0.717, 1.165) is 128 Å². The lowest BCUT2D eigenvalue weighted by atomic mass is 9.49. The number of halogens is 1. The van der Waals surface area contributed by atoms with Gasteiger partial charge in [-0.15, -0.1) is 0 Å². The molecule has 1 N–H and O–H groups in total. The van der Waals surface area contributed by atoms with Crippen LogP contribution in [-0.4, -0.2) is 34.3 Å². The molecule has 0 spiro atoms. The number of carbonyl (C=O) groups excluding carboxylic acids is 3. The number of rotatable bonds is 47. The summed E-state index contributed by atoms with van der Waals surface area (Å²) in [6.07, 6.45) is 32.0. The van der Waals surface area contributed by atoms with Crippen molar-refractivity contribution >= 4 is 17.9 Å². The van der Waals surface area contributed by atoms with Crippen LogP contribution in [0.2, 0.25) is 0 Å². The number of carboxylic acids is 3. The van der Waals surface area contributed by atoms with Crippen molar-refractivity contribution in [3.8, 4) is 0 Å². The van der Waals surface area contributed by atoms with Gasteiger partial charge >= 0.3 is 0 Å². The summed E-state index contributed by atoms with van der Waals surface area (Å²) >= 11 is 0. The van der Waals surface area contributed by atoms with Crippen molar-refractivity contribution in [2.45, 2.75) is 303 Å². The standard InChI is InChI=1S/C53H101FO7/c1-6-11-16-21-25-27-29-33-38-43-46(41-36-31-23-18-13-8-3)52(49(57)58,53(61,50(59)60)51(54,48(55)56)45-40-35-20-15-10-5)47(42-37-32-24-19-14-9-4)44-39-34-30-28-26-22-17-12-7-2/h46-47,61H,6-45H2,1-5H3,(H,55,56)(H,57,58)(H,59,60)/p-3. The smallest absolute Gasteiger partial charge is 0.184 e. The molecule has 0 aliphatic heterocycles. The summed E-state index contributed by atoms with van der Waals surface area (Å²) in [6.45, 7) is 10.7. The molecule has 0 saturated carbocycles. The SMILES string of the molecule is CCCCCCCCCCCC(CCCCCCCC)C(C(=O)[O-])(C(CCCCCCCC)CCCCCCCCCCC)C(O)(C(=O)[O-])C(F)(CCCCCCC)C(=O)[O-]. The second-order valence-corrected chi connectivity index (χ2v) is 19.1. The van der Waals surface area contributed by atoms with Crippen LogP contribution in [0.1, 0.15) is 291 Å². The summed E-state index contributed by atoms with van der Waals surface area (Å²) in [4.78, 5) is 41.5. The van der Waals surface area contributed by atoms with Gasteiger partial charge in [0.1, 0.15) is 0 Å². The van der Waals surface area contributed by atoms with Crippen LogP contribution in [0.15, 0.2) is 0 Å².